The number of H-pyrrole nitrogens is 1. The van der Waals surface area contributed by atoms with Crippen LogP contribution in [0.1, 0.15) is 17.3 Å². The third-order valence-electron chi connectivity index (χ3n) is 2.40. The summed E-state index contributed by atoms with van der Waals surface area (Å²) >= 11 is 0. The van der Waals surface area contributed by atoms with Crippen LogP contribution in [0.5, 0.6) is 0 Å². The van der Waals surface area contributed by atoms with Crippen LogP contribution >= 0.6 is 0 Å². The molecule has 0 spiro atoms. The van der Waals surface area contributed by atoms with Crippen molar-refractivity contribution in [1.82, 2.24) is 14.5 Å². The van der Waals surface area contributed by atoms with Crippen molar-refractivity contribution in [3.8, 4) is 0 Å². The number of carbonyl (C=O) groups is 1. The number of aromatic amines is 1. The molecular weight excluding hydrogens is 226 g/mol. The van der Waals surface area contributed by atoms with Gasteiger partial charge in [-0.3, -0.25) is 14.3 Å². The molecule has 2 heterocycles. The first kappa shape index (κ1) is 11.1. The van der Waals surface area contributed by atoms with E-state index in [1.807, 2.05) is 0 Å². The van der Waals surface area contributed by atoms with Crippen molar-refractivity contribution in [1.29, 1.82) is 0 Å². The highest BCUT2D eigenvalue weighted by Gasteiger charge is 2.11. The van der Waals surface area contributed by atoms with E-state index in [0.717, 1.165) is 6.20 Å². The number of nitrogens with zero attached hydrogens (tertiary/aromatic N) is 2. The van der Waals surface area contributed by atoms with Gasteiger partial charge in [-0.1, -0.05) is 0 Å². The summed E-state index contributed by atoms with van der Waals surface area (Å²) in [5.74, 6) is -1.17. The third kappa shape index (κ3) is 1.71. The maximum Gasteiger partial charge on any atom is 0.337 e. The molecule has 0 aromatic carbocycles. The van der Waals surface area contributed by atoms with Crippen LogP contribution in [0.3, 0.4) is 0 Å². The van der Waals surface area contributed by atoms with Crippen molar-refractivity contribution < 1.29 is 9.90 Å². The minimum absolute atomic E-state index is 0.0892. The molecule has 7 heteroatoms. The van der Waals surface area contributed by atoms with Gasteiger partial charge in [-0.2, -0.15) is 0 Å². The average Bonchev–Trinajstić information content (AvgIpc) is 2.29. The number of nitrogens with one attached hydrogen (secondary N) is 1. The van der Waals surface area contributed by atoms with E-state index in [9.17, 15) is 14.4 Å². The molecule has 0 saturated heterocycles. The van der Waals surface area contributed by atoms with Gasteiger partial charge in [0.15, 0.2) is 0 Å². The molecule has 17 heavy (non-hydrogen) atoms. The highest BCUT2D eigenvalue weighted by Crippen LogP contribution is 2.07. The summed E-state index contributed by atoms with van der Waals surface area (Å²) in [6, 6.07) is 1.20. The van der Waals surface area contributed by atoms with Crippen LogP contribution in [-0.2, 0) is 6.54 Å². The summed E-state index contributed by atoms with van der Waals surface area (Å²) in [6.45, 7) is 2.07. The van der Waals surface area contributed by atoms with E-state index in [2.05, 4.69) is 9.97 Å². The normalized spacial score (nSPS) is 10.6. The molecule has 0 unspecified atom stereocenters. The Kier molecular flexibility index (Phi) is 2.51. The van der Waals surface area contributed by atoms with E-state index in [4.69, 9.17) is 5.11 Å². The summed E-state index contributed by atoms with van der Waals surface area (Å²) in [6.07, 6.45) is 1.12. The molecule has 0 amide bonds. The largest absolute Gasteiger partial charge is 0.478 e. The van der Waals surface area contributed by atoms with Gasteiger partial charge in [-0.05, 0) is 13.0 Å². The standard InChI is InChI=1S/C10H9N3O4/c1-2-13-7-6(8(14)12-10(13)17)3-5(4-11-7)9(15)16/h3-4H,2H2,1H3,(H,15,16)(H,12,14,17). The van der Waals surface area contributed by atoms with E-state index in [1.54, 1.807) is 6.92 Å². The minimum atomic E-state index is -1.17. The molecule has 0 aliphatic heterocycles. The number of carboxylic acids is 1. The van der Waals surface area contributed by atoms with Gasteiger partial charge in [0.05, 0.1) is 10.9 Å². The second-order valence-electron chi connectivity index (χ2n) is 3.40. The van der Waals surface area contributed by atoms with Gasteiger partial charge < -0.3 is 5.11 Å². The lowest BCUT2D eigenvalue weighted by Crippen LogP contribution is -2.30. The van der Waals surface area contributed by atoms with Crippen molar-refractivity contribution in [2.45, 2.75) is 13.5 Å². The summed E-state index contributed by atoms with van der Waals surface area (Å²) in [7, 11) is 0. The molecule has 0 atom stereocenters. The fourth-order valence-corrected chi connectivity index (χ4v) is 1.58. The third-order valence-corrected chi connectivity index (χ3v) is 2.40. The van der Waals surface area contributed by atoms with E-state index >= 15 is 0 Å². The SMILES string of the molecule is CCn1c(=O)[nH]c(=O)c2cc(C(=O)O)cnc21. The molecule has 0 saturated carbocycles. The van der Waals surface area contributed by atoms with Gasteiger partial charge in [-0.15, -0.1) is 0 Å². The number of aryl methyl sites for hydroxylation is 1. The topological polar surface area (TPSA) is 105 Å². The number of fused-ring (bicyclic) bond motifs is 1. The molecule has 88 valence electrons. The number of hydrogen-bond acceptors (Lipinski definition) is 4. The van der Waals surface area contributed by atoms with E-state index in [-0.39, 0.29) is 16.6 Å². The van der Waals surface area contributed by atoms with Crippen LogP contribution in [0.25, 0.3) is 11.0 Å². The molecule has 7 nitrogen and oxygen atoms in total. The Morgan fingerprint density at radius 2 is 2.24 bits per heavy atom. The molecular formula is C10H9N3O4. The zero-order valence-electron chi connectivity index (χ0n) is 8.93. The van der Waals surface area contributed by atoms with Gasteiger partial charge in [0, 0.05) is 12.7 Å². The molecule has 0 fully saturated rings. The number of aromatic carboxylic acids is 1. The van der Waals surface area contributed by atoms with Crippen LogP contribution in [-0.4, -0.2) is 25.6 Å². The Hall–Kier alpha value is -2.44. The highest BCUT2D eigenvalue weighted by atomic mass is 16.4. The molecule has 0 radical (unpaired) electrons. The van der Waals surface area contributed by atoms with Crippen LogP contribution in [0.15, 0.2) is 21.9 Å². The van der Waals surface area contributed by atoms with Gasteiger partial charge in [0.1, 0.15) is 5.65 Å². The Bertz CT molecular complexity index is 714. The fraction of sp³-hybridized carbons (Fsp3) is 0.200. The summed E-state index contributed by atoms with van der Waals surface area (Å²) in [4.78, 5) is 39.7. The smallest absolute Gasteiger partial charge is 0.337 e. The Balaban J connectivity index is 2.93. The molecule has 2 N–H and O–H groups in total. The van der Waals surface area contributed by atoms with Crippen molar-refractivity contribution >= 4 is 17.0 Å². The molecule has 2 aromatic rings. The molecule has 2 aromatic heterocycles. The van der Waals surface area contributed by atoms with Gasteiger partial charge >= 0.3 is 11.7 Å². The summed E-state index contributed by atoms with van der Waals surface area (Å²) < 4.78 is 1.27. The summed E-state index contributed by atoms with van der Waals surface area (Å²) in [5.41, 5.74) is -1.10. The van der Waals surface area contributed by atoms with Gasteiger partial charge in [0.25, 0.3) is 5.56 Å². The van der Waals surface area contributed by atoms with Gasteiger partial charge in [0.2, 0.25) is 0 Å². The number of rotatable bonds is 2. The first-order valence-electron chi connectivity index (χ1n) is 4.90. The first-order chi connectivity index (χ1) is 8.04. The maximum absolute atomic E-state index is 11.5. The van der Waals surface area contributed by atoms with E-state index in [1.165, 1.54) is 10.6 Å². The van der Waals surface area contributed by atoms with Crippen LogP contribution in [0, 0.1) is 0 Å². The Morgan fingerprint density at radius 1 is 1.53 bits per heavy atom. The maximum atomic E-state index is 11.5. The van der Waals surface area contributed by atoms with E-state index in [0.29, 0.717) is 6.54 Å². The summed E-state index contributed by atoms with van der Waals surface area (Å²) in [5, 5.41) is 8.88. The number of carboxylic acid groups (broad SMARTS) is 1. The van der Waals surface area contributed by atoms with Gasteiger partial charge in [-0.25, -0.2) is 14.6 Å². The highest BCUT2D eigenvalue weighted by molar-refractivity contribution is 5.91. The van der Waals surface area contributed by atoms with Crippen molar-refractivity contribution in [3.63, 3.8) is 0 Å². The lowest BCUT2D eigenvalue weighted by atomic mass is 10.2. The predicted octanol–water partition coefficient (Wildman–Crippen LogP) is -0.197. The quantitative estimate of drug-likeness (QED) is 0.750. The second-order valence-corrected chi connectivity index (χ2v) is 3.40. The average molecular weight is 235 g/mol. The lowest BCUT2D eigenvalue weighted by Gasteiger charge is -2.05. The zero-order chi connectivity index (χ0) is 12.6. The lowest BCUT2D eigenvalue weighted by molar-refractivity contribution is 0.0696. The van der Waals surface area contributed by atoms with Crippen molar-refractivity contribution in [3.05, 3.63) is 38.7 Å². The monoisotopic (exact) mass is 235 g/mol. The minimum Gasteiger partial charge on any atom is -0.478 e. The second kappa shape index (κ2) is 3.85. The molecule has 2 rings (SSSR count). The zero-order valence-corrected chi connectivity index (χ0v) is 8.93. The predicted molar refractivity (Wildman–Crippen MR) is 59.3 cm³/mol. The molecule has 0 aliphatic carbocycles. The first-order valence-corrected chi connectivity index (χ1v) is 4.90. The van der Waals surface area contributed by atoms with Crippen LogP contribution in [0.2, 0.25) is 0 Å². The number of aromatic nitrogens is 3. The van der Waals surface area contributed by atoms with E-state index < -0.39 is 17.2 Å². The number of pyridine rings is 1. The Morgan fingerprint density at radius 3 is 2.82 bits per heavy atom. The van der Waals surface area contributed by atoms with Crippen LogP contribution < -0.4 is 11.2 Å². The Labute approximate surface area is 94.4 Å². The van der Waals surface area contributed by atoms with Crippen molar-refractivity contribution in [2.24, 2.45) is 0 Å². The van der Waals surface area contributed by atoms with Crippen LogP contribution in [0.4, 0.5) is 0 Å². The fourth-order valence-electron chi connectivity index (χ4n) is 1.58. The number of hydrogen-bond donors (Lipinski definition) is 2. The molecule has 0 bridgehead atoms. The molecule has 0 aliphatic rings. The van der Waals surface area contributed by atoms with Crippen molar-refractivity contribution in [2.75, 3.05) is 0 Å².